The molecule has 96 valence electrons. The number of phenols is 1. The van der Waals surface area contributed by atoms with E-state index >= 15 is 0 Å². The van der Waals surface area contributed by atoms with Crippen LogP contribution in [0.1, 0.15) is 0 Å². The summed E-state index contributed by atoms with van der Waals surface area (Å²) in [5, 5.41) is 18.5. The van der Waals surface area contributed by atoms with Crippen LogP contribution >= 0.6 is 0 Å². The molecule has 0 aliphatic heterocycles. The molecule has 0 fully saturated rings. The van der Waals surface area contributed by atoms with Crippen LogP contribution in [0, 0.1) is 0 Å². The van der Waals surface area contributed by atoms with Crippen molar-refractivity contribution >= 4 is 16.7 Å². The van der Waals surface area contributed by atoms with Gasteiger partial charge in [-0.25, -0.2) is 4.79 Å². The summed E-state index contributed by atoms with van der Waals surface area (Å²) in [6, 6.07) is 13.3. The first-order valence-corrected chi connectivity index (χ1v) is 4.78. The molecule has 3 nitrogen and oxygen atoms in total. The molecule has 0 spiro atoms. The molecule has 0 radical (unpaired) electrons. The van der Waals surface area contributed by atoms with Crippen LogP contribution in [0.4, 0.5) is 13.2 Å². The van der Waals surface area contributed by atoms with Crippen molar-refractivity contribution in [2.24, 2.45) is 0 Å². The first kappa shape index (κ1) is 13.8. The van der Waals surface area contributed by atoms with E-state index in [1.165, 1.54) is 0 Å². The topological polar surface area (TPSA) is 57.5 Å². The van der Waals surface area contributed by atoms with Gasteiger partial charge >= 0.3 is 12.1 Å². The molecule has 0 saturated heterocycles. The predicted octanol–water partition coefficient (Wildman–Crippen LogP) is 3.18. The van der Waals surface area contributed by atoms with Gasteiger partial charge in [0.2, 0.25) is 0 Å². The Morgan fingerprint density at radius 1 is 1.00 bits per heavy atom. The number of fused-ring (bicyclic) bond motifs is 1. The highest BCUT2D eigenvalue weighted by atomic mass is 19.4. The number of halogens is 3. The first-order valence-electron chi connectivity index (χ1n) is 4.78. The van der Waals surface area contributed by atoms with Crippen molar-refractivity contribution in [3.05, 3.63) is 42.5 Å². The maximum absolute atomic E-state index is 10.6. The van der Waals surface area contributed by atoms with E-state index in [1.807, 2.05) is 30.3 Å². The van der Waals surface area contributed by atoms with E-state index < -0.39 is 12.1 Å². The number of aliphatic carboxylic acids is 1. The lowest BCUT2D eigenvalue weighted by atomic mass is 10.1. The van der Waals surface area contributed by atoms with Crippen LogP contribution in [0.2, 0.25) is 0 Å². The Bertz CT molecular complexity index is 550. The van der Waals surface area contributed by atoms with E-state index in [2.05, 4.69) is 0 Å². The van der Waals surface area contributed by atoms with Crippen molar-refractivity contribution < 1.29 is 28.2 Å². The summed E-state index contributed by atoms with van der Waals surface area (Å²) in [4.78, 5) is 8.90. The molecule has 2 aromatic carbocycles. The number of hydrogen-bond acceptors (Lipinski definition) is 2. The van der Waals surface area contributed by atoms with Gasteiger partial charge in [0.15, 0.2) is 0 Å². The number of hydrogen-bond donors (Lipinski definition) is 2. The van der Waals surface area contributed by atoms with E-state index in [0.29, 0.717) is 5.75 Å². The van der Waals surface area contributed by atoms with Crippen molar-refractivity contribution in [2.45, 2.75) is 6.18 Å². The second-order valence-corrected chi connectivity index (χ2v) is 3.33. The number of benzene rings is 2. The van der Waals surface area contributed by atoms with E-state index in [-0.39, 0.29) is 0 Å². The van der Waals surface area contributed by atoms with Crippen molar-refractivity contribution in [1.29, 1.82) is 0 Å². The highest BCUT2D eigenvalue weighted by Gasteiger charge is 2.38. The standard InChI is InChI=1S/C10H8O.C2HF3O2/c11-10-6-5-8-3-1-2-4-9(8)7-10;3-2(4,5)1(6)7/h1-7,11H;(H,6,7). The minimum absolute atomic E-state index is 0.323. The second kappa shape index (κ2) is 5.39. The molecule has 0 heterocycles. The Kier molecular flexibility index (Phi) is 4.14. The van der Waals surface area contributed by atoms with Gasteiger partial charge in [-0.1, -0.05) is 30.3 Å². The van der Waals surface area contributed by atoms with Gasteiger partial charge in [-0.3, -0.25) is 0 Å². The fourth-order valence-electron chi connectivity index (χ4n) is 1.18. The molecule has 0 amide bonds. The Morgan fingerprint density at radius 3 is 2.00 bits per heavy atom. The molecule has 0 aliphatic carbocycles. The van der Waals surface area contributed by atoms with E-state index in [1.54, 1.807) is 12.1 Å². The van der Waals surface area contributed by atoms with Gasteiger partial charge in [0.25, 0.3) is 0 Å². The van der Waals surface area contributed by atoms with Gasteiger partial charge in [0.05, 0.1) is 0 Å². The lowest BCUT2D eigenvalue weighted by molar-refractivity contribution is -0.192. The zero-order valence-corrected chi connectivity index (χ0v) is 8.98. The van der Waals surface area contributed by atoms with Crippen LogP contribution in [0.25, 0.3) is 10.8 Å². The zero-order chi connectivity index (χ0) is 13.8. The SMILES string of the molecule is O=C(O)C(F)(F)F.Oc1ccc2ccccc2c1. The summed E-state index contributed by atoms with van der Waals surface area (Å²) >= 11 is 0. The quantitative estimate of drug-likeness (QED) is 0.763. The molecule has 0 saturated carbocycles. The lowest BCUT2D eigenvalue weighted by Gasteiger charge is -1.96. The summed E-state index contributed by atoms with van der Waals surface area (Å²) in [6.07, 6.45) is -5.08. The number of carboxylic acids is 1. The van der Waals surface area contributed by atoms with E-state index in [4.69, 9.17) is 15.0 Å². The summed E-state index contributed by atoms with van der Waals surface area (Å²) in [5.41, 5.74) is 0. The van der Waals surface area contributed by atoms with Crippen LogP contribution in [0.15, 0.2) is 42.5 Å². The Balaban J connectivity index is 0.000000203. The van der Waals surface area contributed by atoms with E-state index in [9.17, 15) is 13.2 Å². The molecule has 0 bridgehead atoms. The number of aromatic hydroxyl groups is 1. The van der Waals surface area contributed by atoms with E-state index in [0.717, 1.165) is 10.8 Å². The molecule has 0 aromatic heterocycles. The maximum atomic E-state index is 10.6. The van der Waals surface area contributed by atoms with Crippen LogP contribution < -0.4 is 0 Å². The number of carboxylic acid groups (broad SMARTS) is 1. The summed E-state index contributed by atoms with van der Waals surface area (Å²) in [5.74, 6) is -2.43. The fourth-order valence-corrected chi connectivity index (χ4v) is 1.18. The fraction of sp³-hybridized carbons (Fsp3) is 0.0833. The summed E-state index contributed by atoms with van der Waals surface area (Å²) in [6.45, 7) is 0. The Hall–Kier alpha value is -2.24. The van der Waals surface area contributed by atoms with Crippen molar-refractivity contribution in [3.8, 4) is 5.75 Å². The highest BCUT2D eigenvalue weighted by molar-refractivity contribution is 5.83. The molecule has 2 aromatic rings. The van der Waals surface area contributed by atoms with Gasteiger partial charge in [0.1, 0.15) is 5.75 Å². The number of phenolic OH excluding ortho intramolecular Hbond substituents is 1. The molecule has 2 rings (SSSR count). The molecule has 2 N–H and O–H groups in total. The van der Waals surface area contributed by atoms with Gasteiger partial charge in [-0.15, -0.1) is 0 Å². The predicted molar refractivity (Wildman–Crippen MR) is 59.3 cm³/mol. The molecular weight excluding hydrogens is 249 g/mol. The van der Waals surface area contributed by atoms with Crippen molar-refractivity contribution in [2.75, 3.05) is 0 Å². The smallest absolute Gasteiger partial charge is 0.490 e. The third-order valence-corrected chi connectivity index (χ3v) is 1.98. The molecule has 0 atom stereocenters. The maximum Gasteiger partial charge on any atom is 0.490 e. The Labute approximate surface area is 100 Å². The van der Waals surface area contributed by atoms with Crippen LogP contribution in [0.5, 0.6) is 5.75 Å². The molecular formula is C12H9F3O3. The molecule has 0 unspecified atom stereocenters. The molecule has 0 aliphatic rings. The van der Waals surface area contributed by atoms with Gasteiger partial charge in [-0.2, -0.15) is 13.2 Å². The Morgan fingerprint density at radius 2 is 1.50 bits per heavy atom. The second-order valence-electron chi connectivity index (χ2n) is 3.33. The molecule has 18 heavy (non-hydrogen) atoms. The minimum Gasteiger partial charge on any atom is -0.508 e. The van der Waals surface area contributed by atoms with Crippen molar-refractivity contribution in [3.63, 3.8) is 0 Å². The van der Waals surface area contributed by atoms with Gasteiger partial charge < -0.3 is 10.2 Å². The normalized spacial score (nSPS) is 10.6. The van der Waals surface area contributed by atoms with Crippen LogP contribution in [-0.4, -0.2) is 22.4 Å². The van der Waals surface area contributed by atoms with Gasteiger partial charge in [0, 0.05) is 0 Å². The largest absolute Gasteiger partial charge is 0.508 e. The summed E-state index contributed by atoms with van der Waals surface area (Å²) in [7, 11) is 0. The highest BCUT2D eigenvalue weighted by Crippen LogP contribution is 2.18. The third-order valence-electron chi connectivity index (χ3n) is 1.98. The summed E-state index contributed by atoms with van der Waals surface area (Å²) < 4.78 is 31.7. The number of carbonyl (C=O) groups is 1. The minimum atomic E-state index is -5.08. The average Bonchev–Trinajstić information content (AvgIpc) is 2.28. The first-order chi connectivity index (χ1) is 8.30. The zero-order valence-electron chi connectivity index (χ0n) is 8.98. The monoisotopic (exact) mass is 258 g/mol. The molecule has 6 heteroatoms. The lowest BCUT2D eigenvalue weighted by Crippen LogP contribution is -2.21. The number of alkyl halides is 3. The number of rotatable bonds is 0. The van der Waals surface area contributed by atoms with Crippen LogP contribution in [0.3, 0.4) is 0 Å². The van der Waals surface area contributed by atoms with Gasteiger partial charge in [-0.05, 0) is 22.9 Å². The van der Waals surface area contributed by atoms with Crippen molar-refractivity contribution in [1.82, 2.24) is 0 Å². The third kappa shape index (κ3) is 3.97. The average molecular weight is 258 g/mol. The van der Waals surface area contributed by atoms with Crippen LogP contribution in [-0.2, 0) is 4.79 Å².